The number of rotatable bonds is 0. The molecule has 0 aliphatic carbocycles. The first kappa shape index (κ1) is 8.97. The molecule has 0 unspecified atom stereocenters. The van der Waals surface area contributed by atoms with Crippen molar-refractivity contribution in [2.75, 3.05) is 0 Å². The van der Waals surface area contributed by atoms with Crippen LogP contribution in [-0.2, 0) is 12.5 Å². The quantitative estimate of drug-likeness (QED) is 0.578. The maximum atomic E-state index is 11.0. The highest BCUT2D eigenvalue weighted by molar-refractivity contribution is 5.08. The maximum absolute atomic E-state index is 11.0. The molecule has 0 spiro atoms. The van der Waals surface area contributed by atoms with Gasteiger partial charge in [0.15, 0.2) is 0 Å². The first-order chi connectivity index (χ1) is 5.41. The van der Waals surface area contributed by atoms with Gasteiger partial charge in [-0.25, -0.2) is 0 Å². The molecular formula is C9H14N2O. The third-order valence-electron chi connectivity index (χ3n) is 1.75. The third-order valence-corrected chi connectivity index (χ3v) is 1.75. The second-order valence-corrected chi connectivity index (χ2v) is 3.97. The Morgan fingerprint density at radius 3 is 2.42 bits per heavy atom. The fourth-order valence-corrected chi connectivity index (χ4v) is 0.884. The summed E-state index contributed by atoms with van der Waals surface area (Å²) in [6, 6.07) is 0. The fourth-order valence-electron chi connectivity index (χ4n) is 0.884. The van der Waals surface area contributed by atoms with Crippen LogP contribution in [0, 0.1) is 0 Å². The van der Waals surface area contributed by atoms with Gasteiger partial charge >= 0.3 is 0 Å². The molecule has 0 N–H and O–H groups in total. The number of aromatic nitrogens is 2. The number of hydrogen-bond acceptors (Lipinski definition) is 2. The van der Waals surface area contributed by atoms with Crippen molar-refractivity contribution >= 4 is 0 Å². The number of aryl methyl sites for hydroxylation is 1. The summed E-state index contributed by atoms with van der Waals surface area (Å²) in [6.45, 7) is 6.21. The van der Waals surface area contributed by atoms with Crippen LogP contribution in [0.25, 0.3) is 0 Å². The smallest absolute Gasteiger partial charge is 0.268 e. The van der Waals surface area contributed by atoms with Crippen LogP contribution >= 0.6 is 0 Å². The van der Waals surface area contributed by atoms with Gasteiger partial charge in [0.25, 0.3) is 5.56 Å². The molecule has 0 aromatic carbocycles. The highest BCUT2D eigenvalue weighted by atomic mass is 16.1. The van der Waals surface area contributed by atoms with E-state index < -0.39 is 0 Å². The van der Waals surface area contributed by atoms with Crippen molar-refractivity contribution in [2.45, 2.75) is 26.2 Å². The third kappa shape index (κ3) is 1.72. The molecule has 1 aromatic heterocycles. The van der Waals surface area contributed by atoms with Crippen LogP contribution in [0.4, 0.5) is 0 Å². The summed E-state index contributed by atoms with van der Waals surface area (Å²) < 4.78 is 1.55. The highest BCUT2D eigenvalue weighted by Gasteiger charge is 2.15. The molecule has 0 atom stereocenters. The zero-order chi connectivity index (χ0) is 9.35. The predicted molar refractivity (Wildman–Crippen MR) is 48.2 cm³/mol. The molecular weight excluding hydrogens is 152 g/mol. The van der Waals surface area contributed by atoms with Gasteiger partial charge in [-0.05, 0) is 0 Å². The van der Waals surface area contributed by atoms with Crippen LogP contribution in [0.2, 0.25) is 0 Å². The molecule has 0 aliphatic heterocycles. The van der Waals surface area contributed by atoms with E-state index in [0.717, 1.165) is 5.69 Å². The Kier molecular flexibility index (Phi) is 2.04. The molecule has 1 heterocycles. The lowest BCUT2D eigenvalue weighted by Gasteiger charge is -2.17. The van der Waals surface area contributed by atoms with Crippen molar-refractivity contribution in [2.24, 2.45) is 7.05 Å². The first-order valence-electron chi connectivity index (χ1n) is 3.94. The second-order valence-electron chi connectivity index (χ2n) is 3.97. The van der Waals surface area contributed by atoms with Gasteiger partial charge in [0.05, 0.1) is 11.9 Å². The summed E-state index contributed by atoms with van der Waals surface area (Å²) in [5, 5.41) is 0. The van der Waals surface area contributed by atoms with Crippen molar-refractivity contribution < 1.29 is 0 Å². The van der Waals surface area contributed by atoms with E-state index in [1.165, 1.54) is 6.20 Å². The standard InChI is InChI=1S/C9H14N2O/c1-9(2,3)7-6-11(4)8(12)5-10-7/h5-6H,1-4H3. The zero-order valence-corrected chi connectivity index (χ0v) is 7.96. The van der Waals surface area contributed by atoms with Crippen LogP contribution in [0.1, 0.15) is 26.5 Å². The minimum atomic E-state index is -0.0667. The Bertz CT molecular complexity index is 333. The van der Waals surface area contributed by atoms with E-state index in [0.29, 0.717) is 0 Å². The summed E-state index contributed by atoms with van der Waals surface area (Å²) in [7, 11) is 1.74. The monoisotopic (exact) mass is 166 g/mol. The van der Waals surface area contributed by atoms with Crippen LogP contribution in [-0.4, -0.2) is 9.55 Å². The molecule has 3 nitrogen and oxygen atoms in total. The Balaban J connectivity index is 3.23. The molecule has 0 bridgehead atoms. The lowest BCUT2D eigenvalue weighted by molar-refractivity contribution is 0.556. The van der Waals surface area contributed by atoms with Crippen molar-refractivity contribution in [3.05, 3.63) is 28.4 Å². The second kappa shape index (κ2) is 2.73. The van der Waals surface area contributed by atoms with Gasteiger partial charge in [0.1, 0.15) is 0 Å². The predicted octanol–water partition coefficient (Wildman–Crippen LogP) is 1.08. The van der Waals surface area contributed by atoms with E-state index in [2.05, 4.69) is 25.8 Å². The molecule has 0 radical (unpaired) electrons. The molecule has 0 aliphatic rings. The van der Waals surface area contributed by atoms with E-state index in [-0.39, 0.29) is 11.0 Å². The number of hydrogen-bond donors (Lipinski definition) is 0. The molecule has 3 heteroatoms. The van der Waals surface area contributed by atoms with Crippen LogP contribution < -0.4 is 5.56 Å². The van der Waals surface area contributed by atoms with Gasteiger partial charge < -0.3 is 4.57 Å². The summed E-state index contributed by atoms with van der Waals surface area (Å²) in [5.41, 5.74) is 0.874. The van der Waals surface area contributed by atoms with Crippen LogP contribution in [0.3, 0.4) is 0 Å². The Hall–Kier alpha value is -1.12. The van der Waals surface area contributed by atoms with Gasteiger partial charge in [0, 0.05) is 18.7 Å². The van der Waals surface area contributed by atoms with Crippen molar-refractivity contribution in [1.29, 1.82) is 0 Å². The summed E-state index contributed by atoms with van der Waals surface area (Å²) in [6.07, 6.45) is 3.14. The Morgan fingerprint density at radius 1 is 1.42 bits per heavy atom. The average molecular weight is 166 g/mol. The van der Waals surface area contributed by atoms with E-state index >= 15 is 0 Å². The topological polar surface area (TPSA) is 34.9 Å². The van der Waals surface area contributed by atoms with Gasteiger partial charge in [0.2, 0.25) is 0 Å². The Morgan fingerprint density at radius 2 is 2.00 bits per heavy atom. The molecule has 1 aromatic rings. The normalized spacial score (nSPS) is 11.7. The lowest BCUT2D eigenvalue weighted by Crippen LogP contribution is -2.22. The van der Waals surface area contributed by atoms with Gasteiger partial charge in [-0.2, -0.15) is 0 Å². The number of nitrogens with zero attached hydrogens (tertiary/aromatic N) is 2. The summed E-state index contributed by atoms with van der Waals surface area (Å²) in [5.74, 6) is 0. The zero-order valence-electron chi connectivity index (χ0n) is 7.96. The molecule has 1 rings (SSSR count). The lowest BCUT2D eigenvalue weighted by atomic mass is 9.93. The highest BCUT2D eigenvalue weighted by Crippen LogP contribution is 2.17. The summed E-state index contributed by atoms with van der Waals surface area (Å²) in [4.78, 5) is 15.1. The average Bonchev–Trinajstić information content (AvgIpc) is 1.92. The molecule has 0 amide bonds. The van der Waals surface area contributed by atoms with Gasteiger partial charge in [-0.1, -0.05) is 20.8 Å². The van der Waals surface area contributed by atoms with Gasteiger partial charge in [-0.15, -0.1) is 0 Å². The maximum Gasteiger partial charge on any atom is 0.268 e. The van der Waals surface area contributed by atoms with Crippen molar-refractivity contribution in [1.82, 2.24) is 9.55 Å². The largest absolute Gasteiger partial charge is 0.315 e. The molecule has 0 saturated carbocycles. The van der Waals surface area contributed by atoms with E-state index in [1.807, 2.05) is 0 Å². The van der Waals surface area contributed by atoms with Crippen LogP contribution in [0.15, 0.2) is 17.2 Å². The SMILES string of the molecule is Cn1cc(C(C)(C)C)ncc1=O. The van der Waals surface area contributed by atoms with E-state index in [1.54, 1.807) is 17.8 Å². The van der Waals surface area contributed by atoms with Crippen molar-refractivity contribution in [3.8, 4) is 0 Å². The minimum absolute atomic E-state index is 0.00542. The van der Waals surface area contributed by atoms with E-state index in [4.69, 9.17) is 0 Å². The molecule has 66 valence electrons. The molecule has 12 heavy (non-hydrogen) atoms. The van der Waals surface area contributed by atoms with E-state index in [9.17, 15) is 4.79 Å². The van der Waals surface area contributed by atoms with Crippen molar-refractivity contribution in [3.63, 3.8) is 0 Å². The fraction of sp³-hybridized carbons (Fsp3) is 0.556. The van der Waals surface area contributed by atoms with Gasteiger partial charge in [-0.3, -0.25) is 9.78 Å². The minimum Gasteiger partial charge on any atom is -0.315 e. The summed E-state index contributed by atoms with van der Waals surface area (Å²) >= 11 is 0. The molecule has 0 saturated heterocycles. The molecule has 0 fully saturated rings. The van der Waals surface area contributed by atoms with Crippen LogP contribution in [0.5, 0.6) is 0 Å². The first-order valence-corrected chi connectivity index (χ1v) is 3.94. The Labute approximate surface area is 72.1 Å².